The molecule has 7 nitrogen and oxygen atoms in total. The zero-order valence-corrected chi connectivity index (χ0v) is 16.3. The van der Waals surface area contributed by atoms with Gasteiger partial charge in [0.2, 0.25) is 5.91 Å². The van der Waals surface area contributed by atoms with E-state index in [1.165, 1.54) is 13.8 Å². The van der Waals surface area contributed by atoms with E-state index in [4.69, 9.17) is 4.74 Å². The lowest BCUT2D eigenvalue weighted by molar-refractivity contribution is -0.207. The molecule has 154 valence electrons. The number of rotatable bonds is 8. The van der Waals surface area contributed by atoms with E-state index in [9.17, 15) is 22.8 Å². The maximum absolute atomic E-state index is 13.9. The third kappa shape index (κ3) is 4.46. The fourth-order valence-corrected chi connectivity index (χ4v) is 3.25. The number of ether oxygens (including phenoxy) is 2. The Balaban J connectivity index is 2.49. The summed E-state index contributed by atoms with van der Waals surface area (Å²) in [6, 6.07) is 4.86. The van der Waals surface area contributed by atoms with E-state index < -0.39 is 23.7 Å². The van der Waals surface area contributed by atoms with Gasteiger partial charge < -0.3 is 20.1 Å². The topological polar surface area (TPSA) is 89.5 Å². The molecule has 0 spiro atoms. The Bertz CT molecular complexity index is 856. The Morgan fingerprint density at radius 2 is 1.89 bits per heavy atom. The zero-order chi connectivity index (χ0) is 20.9. The Morgan fingerprint density at radius 1 is 1.18 bits per heavy atom. The van der Waals surface area contributed by atoms with Crippen LogP contribution in [0.1, 0.15) is 27.2 Å². The minimum atomic E-state index is -5.18. The average molecular weight is 419 g/mol. The van der Waals surface area contributed by atoms with Crippen LogP contribution in [-0.4, -0.2) is 41.9 Å². The summed E-state index contributed by atoms with van der Waals surface area (Å²) < 4.78 is 52.3. The summed E-state index contributed by atoms with van der Waals surface area (Å²) >= 11 is 0.889. The first-order chi connectivity index (χ1) is 13.2. The van der Waals surface area contributed by atoms with Gasteiger partial charge in [-0.2, -0.15) is 13.2 Å². The highest BCUT2D eigenvalue weighted by Crippen LogP contribution is 2.36. The standard InChI is InChI=1S/C17H20F3N3O4S/c1-4-13(24)22-16(17(18,19)20,14(25)27-6-3)23-15-21-11-8-7-10(26-5-2)9-12(11)28-15/h7-9H,4-6H2,1-3H3,(H,21,23)(H,22,24). The number of hydrogen-bond donors (Lipinski definition) is 2. The number of fused-ring (bicyclic) bond motifs is 1. The van der Waals surface area contributed by atoms with Crippen LogP contribution in [0.4, 0.5) is 18.3 Å². The van der Waals surface area contributed by atoms with Gasteiger partial charge in [0.25, 0.3) is 0 Å². The van der Waals surface area contributed by atoms with Gasteiger partial charge in [0.1, 0.15) is 5.75 Å². The molecule has 28 heavy (non-hydrogen) atoms. The van der Waals surface area contributed by atoms with E-state index >= 15 is 0 Å². The van der Waals surface area contributed by atoms with E-state index in [-0.39, 0.29) is 18.2 Å². The SMILES string of the molecule is CCOC(=O)C(NC(=O)CC)(Nc1nc2ccc(OCC)cc2s1)C(F)(F)F. The van der Waals surface area contributed by atoms with Crippen molar-refractivity contribution in [2.45, 2.75) is 39.0 Å². The molecule has 1 aromatic heterocycles. The van der Waals surface area contributed by atoms with E-state index in [2.05, 4.69) is 15.0 Å². The molecule has 0 fully saturated rings. The van der Waals surface area contributed by atoms with Gasteiger partial charge in [0.05, 0.1) is 23.4 Å². The molecule has 0 aliphatic rings. The summed E-state index contributed by atoms with van der Waals surface area (Å²) in [5.74, 6) is -2.10. The number of anilines is 1. The van der Waals surface area contributed by atoms with E-state index in [1.807, 2.05) is 0 Å². The normalized spacial score (nSPS) is 13.6. The summed E-state index contributed by atoms with van der Waals surface area (Å²) in [6.07, 6.45) is -5.44. The number of carbonyl (C=O) groups is 2. The van der Waals surface area contributed by atoms with Gasteiger partial charge in [-0.15, -0.1) is 0 Å². The predicted molar refractivity (Wildman–Crippen MR) is 98.3 cm³/mol. The number of thiazole rings is 1. The van der Waals surface area contributed by atoms with Crippen LogP contribution in [0.3, 0.4) is 0 Å². The van der Waals surface area contributed by atoms with E-state index in [0.717, 1.165) is 11.3 Å². The molecule has 11 heteroatoms. The number of amides is 1. The third-order valence-electron chi connectivity index (χ3n) is 3.62. The fraction of sp³-hybridized carbons (Fsp3) is 0.471. The van der Waals surface area contributed by atoms with Crippen molar-refractivity contribution >= 4 is 38.6 Å². The number of benzene rings is 1. The van der Waals surface area contributed by atoms with Crippen molar-refractivity contribution in [3.05, 3.63) is 18.2 Å². The van der Waals surface area contributed by atoms with Gasteiger partial charge in [0.15, 0.2) is 5.13 Å². The van der Waals surface area contributed by atoms with Crippen LogP contribution in [0.2, 0.25) is 0 Å². The van der Waals surface area contributed by atoms with Crippen LogP contribution in [0, 0.1) is 0 Å². The first-order valence-corrected chi connectivity index (χ1v) is 9.35. The van der Waals surface area contributed by atoms with Gasteiger partial charge in [-0.3, -0.25) is 4.79 Å². The Kier molecular flexibility index (Phi) is 6.70. The van der Waals surface area contributed by atoms with E-state index in [0.29, 0.717) is 22.6 Å². The number of alkyl halides is 3. The molecule has 2 aromatic rings. The summed E-state index contributed by atoms with van der Waals surface area (Å²) in [4.78, 5) is 28.1. The molecule has 0 saturated heterocycles. The molecule has 1 unspecified atom stereocenters. The van der Waals surface area contributed by atoms with Gasteiger partial charge >= 0.3 is 17.8 Å². The number of nitrogens with one attached hydrogen (secondary N) is 2. The van der Waals surface area contributed by atoms with Crippen molar-refractivity contribution in [3.8, 4) is 5.75 Å². The molecule has 1 amide bonds. The monoisotopic (exact) mass is 419 g/mol. The Labute approximate surface area is 163 Å². The fourth-order valence-electron chi connectivity index (χ4n) is 2.30. The highest BCUT2D eigenvalue weighted by atomic mass is 32.1. The van der Waals surface area contributed by atoms with Crippen LogP contribution >= 0.6 is 11.3 Å². The van der Waals surface area contributed by atoms with Crippen LogP contribution in [0.5, 0.6) is 5.75 Å². The average Bonchev–Trinajstić information content (AvgIpc) is 3.01. The van der Waals surface area contributed by atoms with Gasteiger partial charge in [0, 0.05) is 6.42 Å². The van der Waals surface area contributed by atoms with Crippen molar-refractivity contribution in [3.63, 3.8) is 0 Å². The molecule has 1 atom stereocenters. The number of nitrogens with zero attached hydrogens (tertiary/aromatic N) is 1. The molecule has 0 bridgehead atoms. The number of esters is 1. The Morgan fingerprint density at radius 3 is 2.46 bits per heavy atom. The van der Waals surface area contributed by atoms with Gasteiger partial charge in [-0.1, -0.05) is 18.3 Å². The minimum Gasteiger partial charge on any atom is -0.494 e. The van der Waals surface area contributed by atoms with Crippen LogP contribution in [0.25, 0.3) is 10.2 Å². The summed E-state index contributed by atoms with van der Waals surface area (Å²) in [5.41, 5.74) is -3.04. The van der Waals surface area contributed by atoms with Crippen LogP contribution in [0.15, 0.2) is 18.2 Å². The molecule has 1 heterocycles. The largest absolute Gasteiger partial charge is 0.494 e. The van der Waals surface area contributed by atoms with Crippen molar-refractivity contribution in [1.82, 2.24) is 10.3 Å². The van der Waals surface area contributed by atoms with Crippen LogP contribution < -0.4 is 15.4 Å². The smallest absolute Gasteiger partial charge is 0.442 e. The second kappa shape index (κ2) is 8.63. The van der Waals surface area contributed by atoms with Crippen LogP contribution in [-0.2, 0) is 14.3 Å². The second-order valence-corrected chi connectivity index (χ2v) is 6.61. The molecule has 0 aliphatic heterocycles. The number of aromatic nitrogens is 1. The highest BCUT2D eigenvalue weighted by Gasteiger charge is 2.64. The van der Waals surface area contributed by atoms with Gasteiger partial charge in [-0.25, -0.2) is 9.78 Å². The predicted octanol–water partition coefficient (Wildman–Crippen LogP) is 3.45. The lowest BCUT2D eigenvalue weighted by Gasteiger charge is -2.34. The first kappa shape index (κ1) is 21.7. The molecule has 0 saturated carbocycles. The molecule has 1 aromatic carbocycles. The van der Waals surface area contributed by atoms with Crippen molar-refractivity contribution in [2.75, 3.05) is 18.5 Å². The second-order valence-electron chi connectivity index (χ2n) is 5.58. The molecule has 2 N–H and O–H groups in total. The van der Waals surface area contributed by atoms with Crippen molar-refractivity contribution < 1.29 is 32.2 Å². The maximum atomic E-state index is 13.9. The lowest BCUT2D eigenvalue weighted by Crippen LogP contribution is -2.69. The summed E-state index contributed by atoms with van der Waals surface area (Å²) in [7, 11) is 0. The third-order valence-corrected chi connectivity index (χ3v) is 4.55. The summed E-state index contributed by atoms with van der Waals surface area (Å²) in [5, 5.41) is 3.58. The number of halogens is 3. The molecule has 0 radical (unpaired) electrons. The zero-order valence-electron chi connectivity index (χ0n) is 15.5. The number of carbonyl (C=O) groups excluding carboxylic acids is 2. The van der Waals surface area contributed by atoms with Crippen molar-refractivity contribution in [2.24, 2.45) is 0 Å². The van der Waals surface area contributed by atoms with E-state index in [1.54, 1.807) is 30.4 Å². The molecular weight excluding hydrogens is 399 g/mol. The Hall–Kier alpha value is -2.56. The lowest BCUT2D eigenvalue weighted by atomic mass is 10.1. The quantitative estimate of drug-likeness (QED) is 0.503. The molecular formula is C17H20F3N3O4S. The van der Waals surface area contributed by atoms with Crippen molar-refractivity contribution in [1.29, 1.82) is 0 Å². The number of hydrogen-bond acceptors (Lipinski definition) is 7. The highest BCUT2D eigenvalue weighted by molar-refractivity contribution is 7.22. The minimum absolute atomic E-state index is 0.203. The van der Waals surface area contributed by atoms with Gasteiger partial charge in [-0.05, 0) is 32.0 Å². The molecule has 0 aliphatic carbocycles. The maximum Gasteiger partial charge on any atom is 0.442 e. The molecule has 2 rings (SSSR count). The summed E-state index contributed by atoms with van der Waals surface area (Å²) in [6.45, 7) is 4.68. The first-order valence-electron chi connectivity index (χ1n) is 8.53.